The highest BCUT2D eigenvalue weighted by Gasteiger charge is 2.22. The first kappa shape index (κ1) is 14.9. The van der Waals surface area contributed by atoms with Crippen LogP contribution >= 0.6 is 0 Å². The van der Waals surface area contributed by atoms with Gasteiger partial charge in [0.05, 0.1) is 19.3 Å². The monoisotopic (exact) mass is 324 g/mol. The fourth-order valence-corrected chi connectivity index (χ4v) is 3.14. The van der Waals surface area contributed by atoms with Gasteiger partial charge in [0, 0.05) is 35.5 Å². The largest absolute Gasteiger partial charge is 0.384 e. The molecule has 3 aromatic heterocycles. The second-order valence-electron chi connectivity index (χ2n) is 6.14. The number of ether oxygens (including phenoxy) is 1. The van der Waals surface area contributed by atoms with Crippen LogP contribution in [0.25, 0.3) is 22.4 Å². The zero-order chi connectivity index (χ0) is 16.7. The Hall–Kier alpha value is -2.67. The van der Waals surface area contributed by atoms with Gasteiger partial charge in [-0.15, -0.1) is 0 Å². The van der Waals surface area contributed by atoms with Gasteiger partial charge in [0.2, 0.25) is 0 Å². The van der Waals surface area contributed by atoms with Crippen LogP contribution in [0.15, 0.2) is 24.4 Å². The number of H-pyrrole nitrogens is 1. The molecule has 3 aromatic rings. The Morgan fingerprint density at radius 3 is 3.00 bits per heavy atom. The number of nitrogen functional groups attached to an aromatic ring is 1. The standard InChI is InChI=1S/C17H20N6O/c1-10-7-13(12-3-4-19-16(12)20-10)17-21-14(18)8-15(22-17)23-5-6-24-9-11(23)2/h3-4,7-8,11H,5-6,9H2,1-2H3,(H,19,20)(H2,18,21,22). The highest BCUT2D eigenvalue weighted by Crippen LogP contribution is 2.29. The molecular formula is C17H20N6O. The molecule has 124 valence electrons. The van der Waals surface area contributed by atoms with Crippen molar-refractivity contribution in [2.75, 3.05) is 30.4 Å². The van der Waals surface area contributed by atoms with E-state index in [1.54, 1.807) is 0 Å². The Morgan fingerprint density at radius 2 is 2.17 bits per heavy atom. The molecule has 1 aliphatic rings. The number of hydrogen-bond donors (Lipinski definition) is 2. The van der Waals surface area contributed by atoms with Gasteiger partial charge in [0.1, 0.15) is 17.3 Å². The van der Waals surface area contributed by atoms with Gasteiger partial charge in [0.15, 0.2) is 5.82 Å². The maximum absolute atomic E-state index is 6.07. The summed E-state index contributed by atoms with van der Waals surface area (Å²) >= 11 is 0. The zero-order valence-electron chi connectivity index (χ0n) is 13.8. The third-order valence-electron chi connectivity index (χ3n) is 4.29. The van der Waals surface area contributed by atoms with Crippen molar-refractivity contribution in [3.05, 3.63) is 30.1 Å². The van der Waals surface area contributed by atoms with E-state index in [9.17, 15) is 0 Å². The molecule has 1 unspecified atom stereocenters. The lowest BCUT2D eigenvalue weighted by atomic mass is 10.1. The van der Waals surface area contributed by atoms with E-state index in [-0.39, 0.29) is 6.04 Å². The van der Waals surface area contributed by atoms with E-state index in [0.29, 0.717) is 24.9 Å². The number of pyridine rings is 1. The molecule has 7 heteroatoms. The third-order valence-corrected chi connectivity index (χ3v) is 4.29. The molecule has 0 aromatic carbocycles. The number of rotatable bonds is 2. The lowest BCUT2D eigenvalue weighted by molar-refractivity contribution is 0.0985. The summed E-state index contributed by atoms with van der Waals surface area (Å²) in [5.74, 6) is 1.93. The van der Waals surface area contributed by atoms with Crippen molar-refractivity contribution in [3.8, 4) is 11.4 Å². The van der Waals surface area contributed by atoms with Crippen LogP contribution in [0.2, 0.25) is 0 Å². The van der Waals surface area contributed by atoms with Gasteiger partial charge >= 0.3 is 0 Å². The molecule has 4 heterocycles. The number of aromatic nitrogens is 4. The Morgan fingerprint density at radius 1 is 1.29 bits per heavy atom. The number of anilines is 2. The molecule has 0 radical (unpaired) electrons. The number of hydrogen-bond acceptors (Lipinski definition) is 6. The summed E-state index contributed by atoms with van der Waals surface area (Å²) in [5.41, 5.74) is 8.75. The quantitative estimate of drug-likeness (QED) is 0.750. The zero-order valence-corrected chi connectivity index (χ0v) is 13.8. The molecule has 1 saturated heterocycles. The number of nitrogens with two attached hydrogens (primary N) is 1. The van der Waals surface area contributed by atoms with Gasteiger partial charge in [-0.05, 0) is 26.0 Å². The van der Waals surface area contributed by atoms with E-state index in [1.807, 2.05) is 31.3 Å². The number of nitrogens with one attached hydrogen (secondary N) is 1. The van der Waals surface area contributed by atoms with Crippen molar-refractivity contribution in [2.45, 2.75) is 19.9 Å². The minimum absolute atomic E-state index is 0.257. The van der Waals surface area contributed by atoms with Crippen LogP contribution in [0.4, 0.5) is 11.6 Å². The Balaban J connectivity index is 1.85. The molecule has 3 N–H and O–H groups in total. The lowest BCUT2D eigenvalue weighted by Crippen LogP contribution is -2.44. The average molecular weight is 324 g/mol. The number of morpholine rings is 1. The van der Waals surface area contributed by atoms with Crippen LogP contribution < -0.4 is 10.6 Å². The summed E-state index contributed by atoms with van der Waals surface area (Å²) in [5, 5.41) is 0.993. The minimum Gasteiger partial charge on any atom is -0.384 e. The fraction of sp³-hybridized carbons (Fsp3) is 0.353. The molecule has 0 bridgehead atoms. The first-order valence-corrected chi connectivity index (χ1v) is 8.06. The van der Waals surface area contributed by atoms with Crippen molar-refractivity contribution >= 4 is 22.7 Å². The van der Waals surface area contributed by atoms with Crippen LogP contribution in [0.1, 0.15) is 12.6 Å². The SMILES string of the molecule is Cc1cc(-c2nc(N)cc(N3CCOCC3C)n2)c2cc[nH]c2n1. The van der Waals surface area contributed by atoms with E-state index in [4.69, 9.17) is 15.5 Å². The predicted molar refractivity (Wildman–Crippen MR) is 93.9 cm³/mol. The highest BCUT2D eigenvalue weighted by molar-refractivity contribution is 5.91. The molecule has 4 rings (SSSR count). The maximum Gasteiger partial charge on any atom is 0.164 e. The van der Waals surface area contributed by atoms with Crippen molar-refractivity contribution in [2.24, 2.45) is 0 Å². The first-order valence-electron chi connectivity index (χ1n) is 8.06. The van der Waals surface area contributed by atoms with E-state index in [0.717, 1.165) is 34.7 Å². The second kappa shape index (κ2) is 5.76. The van der Waals surface area contributed by atoms with Crippen LogP contribution in [0, 0.1) is 6.92 Å². The van der Waals surface area contributed by atoms with E-state index in [1.165, 1.54) is 0 Å². The normalized spacial score (nSPS) is 18.2. The summed E-state index contributed by atoms with van der Waals surface area (Å²) < 4.78 is 5.51. The second-order valence-corrected chi connectivity index (χ2v) is 6.14. The van der Waals surface area contributed by atoms with Crippen molar-refractivity contribution in [3.63, 3.8) is 0 Å². The molecule has 1 atom stereocenters. The Kier molecular flexibility index (Phi) is 3.57. The molecule has 0 aliphatic carbocycles. The maximum atomic E-state index is 6.07. The van der Waals surface area contributed by atoms with Crippen LogP contribution in [0.3, 0.4) is 0 Å². The van der Waals surface area contributed by atoms with Gasteiger partial charge in [0.25, 0.3) is 0 Å². The number of fused-ring (bicyclic) bond motifs is 1. The van der Waals surface area contributed by atoms with Crippen LogP contribution in [0.5, 0.6) is 0 Å². The molecule has 24 heavy (non-hydrogen) atoms. The molecule has 0 amide bonds. The highest BCUT2D eigenvalue weighted by atomic mass is 16.5. The van der Waals surface area contributed by atoms with Gasteiger partial charge in [-0.25, -0.2) is 15.0 Å². The molecule has 1 aliphatic heterocycles. The minimum atomic E-state index is 0.257. The number of aryl methyl sites for hydroxylation is 1. The van der Waals surface area contributed by atoms with Gasteiger partial charge in [-0.3, -0.25) is 0 Å². The first-order chi connectivity index (χ1) is 11.6. The average Bonchev–Trinajstić information content (AvgIpc) is 3.02. The van der Waals surface area contributed by atoms with Gasteiger partial charge < -0.3 is 20.4 Å². The Labute approximate surface area is 139 Å². The van der Waals surface area contributed by atoms with Crippen molar-refractivity contribution < 1.29 is 4.74 Å². The third kappa shape index (κ3) is 2.56. The van der Waals surface area contributed by atoms with Crippen molar-refractivity contribution in [1.82, 2.24) is 19.9 Å². The number of aromatic amines is 1. The van der Waals surface area contributed by atoms with Gasteiger partial charge in [-0.1, -0.05) is 0 Å². The van der Waals surface area contributed by atoms with E-state index < -0.39 is 0 Å². The summed E-state index contributed by atoms with van der Waals surface area (Å²) in [6.07, 6.45) is 1.87. The summed E-state index contributed by atoms with van der Waals surface area (Å²) in [7, 11) is 0. The summed E-state index contributed by atoms with van der Waals surface area (Å²) in [6.45, 7) is 6.26. The van der Waals surface area contributed by atoms with E-state index >= 15 is 0 Å². The Bertz CT molecular complexity index is 890. The van der Waals surface area contributed by atoms with E-state index in [2.05, 4.69) is 26.8 Å². The van der Waals surface area contributed by atoms with Gasteiger partial charge in [-0.2, -0.15) is 0 Å². The molecule has 1 fully saturated rings. The molecule has 0 saturated carbocycles. The fourth-order valence-electron chi connectivity index (χ4n) is 3.14. The van der Waals surface area contributed by atoms with Crippen LogP contribution in [-0.2, 0) is 4.74 Å². The molecule has 0 spiro atoms. The molecule has 7 nitrogen and oxygen atoms in total. The molecular weight excluding hydrogens is 304 g/mol. The smallest absolute Gasteiger partial charge is 0.164 e. The van der Waals surface area contributed by atoms with Crippen molar-refractivity contribution in [1.29, 1.82) is 0 Å². The predicted octanol–water partition coefficient (Wildman–Crippen LogP) is 2.14. The van der Waals surface area contributed by atoms with Crippen LogP contribution in [-0.4, -0.2) is 45.7 Å². The summed E-state index contributed by atoms with van der Waals surface area (Å²) in [4.78, 5) is 19.1. The lowest BCUT2D eigenvalue weighted by Gasteiger charge is -2.34. The number of nitrogens with zero attached hydrogens (tertiary/aromatic N) is 4. The topological polar surface area (TPSA) is 93.0 Å². The summed E-state index contributed by atoms with van der Waals surface area (Å²) in [6, 6.07) is 6.07.